The van der Waals surface area contributed by atoms with E-state index in [9.17, 15) is 4.79 Å². The molecule has 1 saturated heterocycles. The van der Waals surface area contributed by atoms with Crippen molar-refractivity contribution in [3.05, 3.63) is 75.8 Å². The SMILES string of the molecule is Cc1ccccc1N1CC[NH+](Cc2cc(=O)n3c(C)cccc3n2)CC1. The van der Waals surface area contributed by atoms with Crippen molar-refractivity contribution < 1.29 is 4.90 Å². The van der Waals surface area contributed by atoms with Crippen molar-refractivity contribution in [3.63, 3.8) is 0 Å². The summed E-state index contributed by atoms with van der Waals surface area (Å²) in [6.45, 7) is 9.10. The third-order valence-corrected chi connectivity index (χ3v) is 5.29. The summed E-state index contributed by atoms with van der Waals surface area (Å²) in [5.74, 6) is 0. The molecule has 2 aromatic heterocycles. The van der Waals surface area contributed by atoms with E-state index in [1.54, 1.807) is 10.5 Å². The van der Waals surface area contributed by atoms with Crippen molar-refractivity contribution in [3.8, 4) is 0 Å². The Morgan fingerprint density at radius 3 is 2.58 bits per heavy atom. The number of aromatic nitrogens is 2. The van der Waals surface area contributed by atoms with Gasteiger partial charge >= 0.3 is 0 Å². The molecule has 1 fully saturated rings. The van der Waals surface area contributed by atoms with Crippen LogP contribution >= 0.6 is 0 Å². The molecule has 3 heterocycles. The number of anilines is 1. The maximum atomic E-state index is 12.4. The molecule has 26 heavy (non-hydrogen) atoms. The second-order valence-corrected chi connectivity index (χ2v) is 7.15. The Labute approximate surface area is 153 Å². The number of rotatable bonds is 3. The maximum absolute atomic E-state index is 12.4. The van der Waals surface area contributed by atoms with Crippen LogP contribution in [-0.2, 0) is 6.54 Å². The molecule has 0 bridgehead atoms. The van der Waals surface area contributed by atoms with E-state index in [-0.39, 0.29) is 5.56 Å². The zero-order valence-electron chi connectivity index (χ0n) is 15.4. The van der Waals surface area contributed by atoms with Crippen LogP contribution in [-0.4, -0.2) is 35.6 Å². The molecule has 4 rings (SSSR count). The topological polar surface area (TPSA) is 42.0 Å². The summed E-state index contributed by atoms with van der Waals surface area (Å²) < 4.78 is 1.68. The number of pyridine rings is 1. The number of fused-ring (bicyclic) bond motifs is 1. The summed E-state index contributed by atoms with van der Waals surface area (Å²) >= 11 is 0. The molecule has 0 unspecified atom stereocenters. The first-order valence-corrected chi connectivity index (χ1v) is 9.24. The summed E-state index contributed by atoms with van der Waals surface area (Å²) in [7, 11) is 0. The van der Waals surface area contributed by atoms with E-state index in [1.165, 1.54) is 16.2 Å². The van der Waals surface area contributed by atoms with Crippen LogP contribution in [0.15, 0.2) is 53.3 Å². The molecule has 1 aromatic carbocycles. The van der Waals surface area contributed by atoms with Gasteiger partial charge in [0.25, 0.3) is 5.56 Å². The minimum absolute atomic E-state index is 0.0149. The molecule has 0 atom stereocenters. The fourth-order valence-electron chi connectivity index (χ4n) is 3.87. The molecule has 5 heteroatoms. The van der Waals surface area contributed by atoms with Crippen molar-refractivity contribution in [2.24, 2.45) is 0 Å². The van der Waals surface area contributed by atoms with Crippen molar-refractivity contribution in [1.29, 1.82) is 0 Å². The van der Waals surface area contributed by atoms with E-state index in [2.05, 4.69) is 36.1 Å². The number of nitrogens with one attached hydrogen (secondary N) is 1. The lowest BCUT2D eigenvalue weighted by atomic mass is 10.1. The van der Waals surface area contributed by atoms with Gasteiger partial charge in [-0.3, -0.25) is 9.20 Å². The molecule has 0 aliphatic carbocycles. The number of benzene rings is 1. The molecular weight excluding hydrogens is 324 g/mol. The first-order valence-electron chi connectivity index (χ1n) is 9.24. The van der Waals surface area contributed by atoms with E-state index < -0.39 is 0 Å². The summed E-state index contributed by atoms with van der Waals surface area (Å²) in [6.07, 6.45) is 0. The highest BCUT2D eigenvalue weighted by Gasteiger charge is 2.22. The fraction of sp³-hybridized carbons (Fsp3) is 0.333. The zero-order valence-corrected chi connectivity index (χ0v) is 15.4. The van der Waals surface area contributed by atoms with Gasteiger partial charge in [0.1, 0.15) is 17.9 Å². The number of hydrogen-bond donors (Lipinski definition) is 1. The van der Waals surface area contributed by atoms with E-state index in [4.69, 9.17) is 4.98 Å². The van der Waals surface area contributed by atoms with Gasteiger partial charge in [-0.1, -0.05) is 24.3 Å². The summed E-state index contributed by atoms with van der Waals surface area (Å²) in [6, 6.07) is 16.1. The molecule has 134 valence electrons. The van der Waals surface area contributed by atoms with Gasteiger partial charge < -0.3 is 9.80 Å². The Bertz CT molecular complexity index is 987. The van der Waals surface area contributed by atoms with Crippen molar-refractivity contribution in [2.75, 3.05) is 31.1 Å². The van der Waals surface area contributed by atoms with Gasteiger partial charge in [-0.2, -0.15) is 0 Å². The van der Waals surface area contributed by atoms with Crippen LogP contribution in [0.4, 0.5) is 5.69 Å². The van der Waals surface area contributed by atoms with Crippen LogP contribution in [0.2, 0.25) is 0 Å². The Balaban J connectivity index is 1.47. The highest BCUT2D eigenvalue weighted by molar-refractivity contribution is 5.53. The number of para-hydroxylation sites is 1. The molecule has 0 saturated carbocycles. The first-order chi connectivity index (χ1) is 12.6. The van der Waals surface area contributed by atoms with E-state index >= 15 is 0 Å². The Hall–Kier alpha value is -2.66. The number of piperazine rings is 1. The van der Waals surface area contributed by atoms with Crippen molar-refractivity contribution in [2.45, 2.75) is 20.4 Å². The quantitative estimate of drug-likeness (QED) is 0.773. The highest BCUT2D eigenvalue weighted by Crippen LogP contribution is 2.18. The first kappa shape index (κ1) is 16.8. The van der Waals surface area contributed by atoms with Crippen molar-refractivity contribution >= 4 is 11.3 Å². The smallest absolute Gasteiger partial charge is 0.258 e. The molecule has 0 radical (unpaired) electrons. The molecule has 1 aliphatic rings. The zero-order chi connectivity index (χ0) is 18.1. The van der Waals surface area contributed by atoms with Gasteiger partial charge in [0.15, 0.2) is 0 Å². The van der Waals surface area contributed by atoms with Gasteiger partial charge in [0.2, 0.25) is 0 Å². The maximum Gasteiger partial charge on any atom is 0.258 e. The standard InChI is InChI=1S/C21H24N4O/c1-16-6-3-4-8-19(16)24-12-10-23(11-13-24)15-18-14-21(26)25-17(2)7-5-9-20(25)22-18/h3-9,14H,10-13,15H2,1-2H3/p+1. The molecular formula is C21H25N4O+. The average molecular weight is 349 g/mol. The summed E-state index contributed by atoms with van der Waals surface area (Å²) in [4.78, 5) is 21.1. The van der Waals surface area contributed by atoms with Gasteiger partial charge in [-0.15, -0.1) is 0 Å². The Morgan fingerprint density at radius 2 is 1.81 bits per heavy atom. The van der Waals surface area contributed by atoms with Crippen LogP contribution in [0.5, 0.6) is 0 Å². The molecule has 0 spiro atoms. The number of quaternary nitrogens is 1. The van der Waals surface area contributed by atoms with Crippen molar-refractivity contribution in [1.82, 2.24) is 9.38 Å². The highest BCUT2D eigenvalue weighted by atomic mass is 16.1. The van der Waals surface area contributed by atoms with Crippen LogP contribution in [0.1, 0.15) is 17.0 Å². The summed E-state index contributed by atoms with van der Waals surface area (Å²) in [5.41, 5.74) is 5.23. The van der Waals surface area contributed by atoms with Gasteiger partial charge in [-0.05, 0) is 37.6 Å². The van der Waals surface area contributed by atoms with Crippen LogP contribution < -0.4 is 15.4 Å². The molecule has 1 aliphatic heterocycles. The predicted octanol–water partition coefficient (Wildman–Crippen LogP) is 1.22. The Kier molecular flexibility index (Phi) is 4.47. The fourth-order valence-corrected chi connectivity index (χ4v) is 3.87. The average Bonchev–Trinajstić information content (AvgIpc) is 2.63. The molecule has 5 nitrogen and oxygen atoms in total. The van der Waals surface area contributed by atoms with Gasteiger partial charge in [0.05, 0.1) is 26.2 Å². The number of aryl methyl sites for hydroxylation is 2. The van der Waals surface area contributed by atoms with Gasteiger partial charge in [-0.25, -0.2) is 4.98 Å². The third-order valence-electron chi connectivity index (χ3n) is 5.29. The number of nitrogens with zero attached hydrogens (tertiary/aromatic N) is 3. The minimum atomic E-state index is 0.0149. The van der Waals surface area contributed by atoms with Crippen LogP contribution in [0, 0.1) is 13.8 Å². The molecule has 1 N–H and O–H groups in total. The Morgan fingerprint density at radius 1 is 1.04 bits per heavy atom. The van der Waals surface area contributed by atoms with Crippen LogP contribution in [0.3, 0.4) is 0 Å². The third kappa shape index (κ3) is 3.22. The lowest BCUT2D eigenvalue weighted by molar-refractivity contribution is -0.914. The summed E-state index contributed by atoms with van der Waals surface area (Å²) in [5, 5.41) is 0. The monoisotopic (exact) mass is 349 g/mol. The van der Waals surface area contributed by atoms with E-state index in [0.717, 1.165) is 49.8 Å². The second kappa shape index (κ2) is 6.92. The van der Waals surface area contributed by atoms with Crippen LogP contribution in [0.25, 0.3) is 5.65 Å². The number of hydrogen-bond acceptors (Lipinski definition) is 3. The minimum Gasteiger partial charge on any atom is -0.360 e. The lowest BCUT2D eigenvalue weighted by Gasteiger charge is -2.34. The normalized spacial score (nSPS) is 15.5. The molecule has 3 aromatic rings. The lowest BCUT2D eigenvalue weighted by Crippen LogP contribution is -3.13. The van der Waals surface area contributed by atoms with E-state index in [0.29, 0.717) is 0 Å². The van der Waals surface area contributed by atoms with E-state index in [1.807, 2.05) is 25.1 Å². The predicted molar refractivity (Wildman–Crippen MR) is 104 cm³/mol. The molecule has 0 amide bonds. The largest absolute Gasteiger partial charge is 0.360 e. The second-order valence-electron chi connectivity index (χ2n) is 7.15. The van der Waals surface area contributed by atoms with Gasteiger partial charge in [0, 0.05) is 17.4 Å².